The van der Waals surface area contributed by atoms with E-state index in [0.717, 1.165) is 154 Å². The zero-order valence-electron chi connectivity index (χ0n) is 46.3. The van der Waals surface area contributed by atoms with Gasteiger partial charge in [-0.3, -0.25) is 14.4 Å². The minimum absolute atomic E-state index is 0.183. The van der Waals surface area contributed by atoms with Crippen molar-refractivity contribution in [3.63, 3.8) is 0 Å². The van der Waals surface area contributed by atoms with E-state index in [1.807, 2.05) is 0 Å². The van der Waals surface area contributed by atoms with E-state index in [0.29, 0.717) is 19.3 Å². The summed E-state index contributed by atoms with van der Waals surface area (Å²) >= 11 is 0. The molecule has 0 bridgehead atoms. The molecule has 0 aromatic carbocycles. The molecule has 0 aliphatic carbocycles. The molecule has 1 heterocycles. The molecule has 420 valence electrons. The Balaban J connectivity index is 2.58. The second-order valence-electron chi connectivity index (χ2n) is 19.1. The monoisotopic (exact) mass is 1030 g/mol. The van der Waals surface area contributed by atoms with Crippen LogP contribution in [0.4, 0.5) is 0 Å². The highest BCUT2D eigenvalue weighted by Crippen LogP contribution is 2.24. The van der Waals surface area contributed by atoms with Gasteiger partial charge in [0.2, 0.25) is 0 Å². The van der Waals surface area contributed by atoms with Crippen molar-refractivity contribution in [2.45, 2.75) is 250 Å². The number of aliphatic hydroxyl groups excluding tert-OH is 3. The van der Waals surface area contributed by atoms with Gasteiger partial charge in [0.1, 0.15) is 37.6 Å². The first-order valence-electron chi connectivity index (χ1n) is 28.9. The van der Waals surface area contributed by atoms with Crippen molar-refractivity contribution in [1.82, 2.24) is 0 Å². The van der Waals surface area contributed by atoms with E-state index in [4.69, 9.17) is 23.7 Å². The van der Waals surface area contributed by atoms with Gasteiger partial charge in [0.25, 0.3) is 0 Å². The Labute approximate surface area is 449 Å². The van der Waals surface area contributed by atoms with Crippen molar-refractivity contribution in [2.75, 3.05) is 19.8 Å². The summed E-state index contributed by atoms with van der Waals surface area (Å²) in [6.45, 7) is 5.47. The Hall–Kier alpha value is -4.13. The Bertz CT molecular complexity index is 1640. The third-order valence-electron chi connectivity index (χ3n) is 12.3. The third kappa shape index (κ3) is 41.2. The number of hydrogen-bond acceptors (Lipinski definition) is 11. The Morgan fingerprint density at radius 3 is 1.18 bits per heavy atom. The fourth-order valence-electron chi connectivity index (χ4n) is 7.93. The van der Waals surface area contributed by atoms with E-state index in [-0.39, 0.29) is 39.1 Å². The molecule has 0 aromatic heterocycles. The lowest BCUT2D eigenvalue weighted by atomic mass is 9.99. The van der Waals surface area contributed by atoms with Crippen LogP contribution in [-0.2, 0) is 38.1 Å². The quantitative estimate of drug-likeness (QED) is 0.0231. The van der Waals surface area contributed by atoms with Gasteiger partial charge in [-0.1, -0.05) is 188 Å². The zero-order chi connectivity index (χ0) is 53.8. The number of carbonyl (C=O) groups is 3. The average Bonchev–Trinajstić information content (AvgIpc) is 3.39. The van der Waals surface area contributed by atoms with Gasteiger partial charge < -0.3 is 39.0 Å². The summed E-state index contributed by atoms with van der Waals surface area (Å²) in [7, 11) is 0. The predicted octanol–water partition coefficient (Wildman–Crippen LogP) is 14.6. The van der Waals surface area contributed by atoms with Gasteiger partial charge in [0.05, 0.1) is 6.61 Å². The summed E-state index contributed by atoms with van der Waals surface area (Å²) in [5, 5.41) is 32.2. The molecule has 3 N–H and O–H groups in total. The zero-order valence-corrected chi connectivity index (χ0v) is 46.3. The number of rotatable bonds is 47. The van der Waals surface area contributed by atoms with E-state index in [9.17, 15) is 29.7 Å². The van der Waals surface area contributed by atoms with Gasteiger partial charge in [0.15, 0.2) is 12.4 Å². The fourth-order valence-corrected chi connectivity index (χ4v) is 7.93. The van der Waals surface area contributed by atoms with Gasteiger partial charge in [-0.05, 0) is 116 Å². The van der Waals surface area contributed by atoms with E-state index in [1.54, 1.807) is 0 Å². The first-order valence-corrected chi connectivity index (χ1v) is 28.9. The molecule has 1 aliphatic rings. The maximum Gasteiger partial charge on any atom is 0.306 e. The van der Waals surface area contributed by atoms with Crippen LogP contribution in [0.25, 0.3) is 0 Å². The summed E-state index contributed by atoms with van der Waals surface area (Å²) in [6.07, 6.45) is 57.9. The lowest BCUT2D eigenvalue weighted by Gasteiger charge is -2.40. The van der Waals surface area contributed by atoms with E-state index in [2.05, 4.69) is 130 Å². The van der Waals surface area contributed by atoms with Gasteiger partial charge >= 0.3 is 17.9 Å². The summed E-state index contributed by atoms with van der Waals surface area (Å²) in [5.74, 6) is -1.32. The second-order valence-corrected chi connectivity index (χ2v) is 19.1. The molecule has 11 nitrogen and oxygen atoms in total. The number of hydrogen-bond donors (Lipinski definition) is 3. The van der Waals surface area contributed by atoms with Gasteiger partial charge in [-0.25, -0.2) is 0 Å². The Morgan fingerprint density at radius 2 is 0.757 bits per heavy atom. The standard InChI is InChI=1S/C63H102O11/c1-4-7-10-13-16-19-22-25-28-31-34-37-40-43-46-49-57(64)70-52-55(73-59(66)51-48-45-42-39-36-33-30-27-24-21-18-15-12-9-6-3)53-72-63-62(69)61(68)60(67)56(74-63)54-71-58(65)50-47-44-41-38-35-32-29-26-23-20-17-14-11-8-5-2/h7-12,16-21,25-30,55-56,60-63,67-69H,4-6,13-15,22-24,31-54H2,1-3H3. The molecule has 11 heteroatoms. The summed E-state index contributed by atoms with van der Waals surface area (Å²) in [6, 6.07) is 0. The molecule has 1 rings (SSSR count). The maximum atomic E-state index is 13.0. The summed E-state index contributed by atoms with van der Waals surface area (Å²) in [5.41, 5.74) is 0. The number of unbranched alkanes of at least 4 members (excludes halogenated alkanes) is 15. The van der Waals surface area contributed by atoms with Gasteiger partial charge in [-0.15, -0.1) is 0 Å². The lowest BCUT2D eigenvalue weighted by Crippen LogP contribution is -2.59. The molecular formula is C63H102O11. The normalized spacial score (nSPS) is 19.1. The van der Waals surface area contributed by atoms with E-state index in [1.165, 1.54) is 0 Å². The number of allylic oxidation sites excluding steroid dienone is 18. The van der Waals surface area contributed by atoms with E-state index < -0.39 is 54.7 Å². The molecule has 74 heavy (non-hydrogen) atoms. The second kappa shape index (κ2) is 51.0. The van der Waals surface area contributed by atoms with Crippen LogP contribution in [0.5, 0.6) is 0 Å². The Kier molecular flexibility index (Phi) is 46.8. The van der Waals surface area contributed by atoms with Crippen molar-refractivity contribution in [1.29, 1.82) is 0 Å². The molecule has 0 spiro atoms. The molecule has 6 atom stereocenters. The molecule has 1 aliphatic heterocycles. The minimum Gasteiger partial charge on any atom is -0.463 e. The number of carbonyl (C=O) groups excluding carboxylic acids is 3. The largest absolute Gasteiger partial charge is 0.463 e. The smallest absolute Gasteiger partial charge is 0.306 e. The number of esters is 3. The molecule has 0 saturated carbocycles. The van der Waals surface area contributed by atoms with Crippen molar-refractivity contribution >= 4 is 17.9 Å². The SMILES string of the molecule is CCC=CCC=CCC=CCCCCCCCC(=O)OCC(COC1OC(COC(=O)CCCCCCCC=CCC=CCC=CCC)C(O)C(O)C1O)OC(=O)CCCCCCCC=CCC=CCC=CCC. The summed E-state index contributed by atoms with van der Waals surface area (Å²) < 4.78 is 28.4. The molecule has 0 amide bonds. The molecular weight excluding hydrogens is 933 g/mol. The molecule has 0 radical (unpaired) electrons. The van der Waals surface area contributed by atoms with Crippen LogP contribution in [0.1, 0.15) is 213 Å². The number of aliphatic hydroxyl groups is 3. The van der Waals surface area contributed by atoms with Gasteiger partial charge in [0, 0.05) is 19.3 Å². The first kappa shape index (κ1) is 67.9. The predicted molar refractivity (Wildman–Crippen MR) is 302 cm³/mol. The van der Waals surface area contributed by atoms with Crippen LogP contribution in [0.3, 0.4) is 0 Å². The highest BCUT2D eigenvalue weighted by Gasteiger charge is 2.45. The highest BCUT2D eigenvalue weighted by molar-refractivity contribution is 5.70. The fraction of sp³-hybridized carbons (Fsp3) is 0.667. The van der Waals surface area contributed by atoms with Crippen molar-refractivity contribution < 1.29 is 53.4 Å². The Morgan fingerprint density at radius 1 is 0.405 bits per heavy atom. The van der Waals surface area contributed by atoms with Crippen molar-refractivity contribution in [2.24, 2.45) is 0 Å². The third-order valence-corrected chi connectivity index (χ3v) is 12.3. The van der Waals surface area contributed by atoms with Crippen LogP contribution in [0, 0.1) is 0 Å². The van der Waals surface area contributed by atoms with Crippen molar-refractivity contribution in [3.05, 3.63) is 109 Å². The highest BCUT2D eigenvalue weighted by atomic mass is 16.7. The average molecular weight is 1040 g/mol. The van der Waals surface area contributed by atoms with Gasteiger partial charge in [-0.2, -0.15) is 0 Å². The molecule has 1 saturated heterocycles. The van der Waals surface area contributed by atoms with Crippen LogP contribution in [0.2, 0.25) is 0 Å². The maximum absolute atomic E-state index is 13.0. The van der Waals surface area contributed by atoms with Crippen LogP contribution >= 0.6 is 0 Å². The molecule has 0 aromatic rings. The molecule has 6 unspecified atom stereocenters. The lowest BCUT2D eigenvalue weighted by molar-refractivity contribution is -0.305. The van der Waals surface area contributed by atoms with Crippen LogP contribution in [0.15, 0.2) is 109 Å². The van der Waals surface area contributed by atoms with Crippen LogP contribution in [-0.4, -0.2) is 89.9 Å². The minimum atomic E-state index is -1.66. The topological polar surface area (TPSA) is 158 Å². The first-order chi connectivity index (χ1) is 36.2. The molecule has 1 fully saturated rings. The van der Waals surface area contributed by atoms with Crippen LogP contribution < -0.4 is 0 Å². The van der Waals surface area contributed by atoms with E-state index >= 15 is 0 Å². The number of ether oxygens (including phenoxy) is 5. The summed E-state index contributed by atoms with van der Waals surface area (Å²) in [4.78, 5) is 38.4. The van der Waals surface area contributed by atoms with Crippen molar-refractivity contribution in [3.8, 4) is 0 Å².